The van der Waals surface area contributed by atoms with Gasteiger partial charge in [-0.15, -0.1) is 0 Å². The van der Waals surface area contributed by atoms with Gasteiger partial charge < -0.3 is 22.4 Å². The minimum absolute atomic E-state index is 0.161. The van der Waals surface area contributed by atoms with Crippen LogP contribution in [-0.4, -0.2) is 43.9 Å². The van der Waals surface area contributed by atoms with Crippen LogP contribution in [0.2, 0.25) is 51.9 Å². The van der Waals surface area contributed by atoms with Crippen molar-refractivity contribution < 1.29 is 27.2 Å². The first kappa shape index (κ1) is 40.7. The monoisotopic (exact) mass is 722 g/mol. The molecule has 0 aliphatic rings. The highest BCUT2D eigenvalue weighted by Crippen LogP contribution is 2.26. The van der Waals surface area contributed by atoms with E-state index in [1.54, 1.807) is 24.3 Å². The third kappa shape index (κ3) is 16.2. The van der Waals surface area contributed by atoms with Gasteiger partial charge in [0.1, 0.15) is 17.2 Å². The van der Waals surface area contributed by atoms with Crippen molar-refractivity contribution in [1.29, 1.82) is 0 Å². The van der Waals surface area contributed by atoms with E-state index < -0.39 is 25.2 Å². The van der Waals surface area contributed by atoms with E-state index in [1.165, 1.54) is 44.6 Å². The Hall–Kier alpha value is -2.70. The molecule has 0 saturated heterocycles. The molecule has 0 heterocycles. The molecule has 0 amide bonds. The lowest BCUT2D eigenvalue weighted by Crippen LogP contribution is -2.51. The molecule has 3 aromatic rings. The van der Waals surface area contributed by atoms with Crippen molar-refractivity contribution in [2.75, 3.05) is 6.61 Å². The lowest BCUT2D eigenvalue weighted by molar-refractivity contribution is 0.0734. The van der Waals surface area contributed by atoms with Crippen molar-refractivity contribution in [2.45, 2.75) is 130 Å². The van der Waals surface area contributed by atoms with E-state index in [2.05, 4.69) is 71.8 Å². The molecule has 3 aromatic carbocycles. The molecule has 0 fully saturated rings. The second-order valence-electron chi connectivity index (χ2n) is 15.2. The maximum atomic E-state index is 12.8. The van der Waals surface area contributed by atoms with Gasteiger partial charge in [0.25, 0.3) is 0 Å². The topological polar surface area (TPSA) is 63.2 Å². The Kier molecular flexibility index (Phi) is 16.3. The van der Waals surface area contributed by atoms with Crippen molar-refractivity contribution in [2.24, 2.45) is 0 Å². The molecule has 1 atom stereocenters. The van der Waals surface area contributed by atoms with Crippen LogP contribution in [0.15, 0.2) is 72.8 Å². The number of esters is 1. The van der Waals surface area contributed by atoms with Crippen LogP contribution in [0.3, 0.4) is 0 Å². The molecule has 0 aromatic heterocycles. The quantitative estimate of drug-likeness (QED) is 0.0445. The molecular weight excluding hydrogens is 661 g/mol. The summed E-state index contributed by atoms with van der Waals surface area (Å²) < 4.78 is 30.7. The van der Waals surface area contributed by atoms with Crippen LogP contribution in [0.25, 0.3) is 11.1 Å². The van der Waals surface area contributed by atoms with Crippen molar-refractivity contribution in [3.05, 3.63) is 78.4 Å². The van der Waals surface area contributed by atoms with Gasteiger partial charge in [-0.05, 0) is 138 Å². The minimum Gasteiger partial charge on any atom is -0.494 e. The number of hydrogen-bond donors (Lipinski definition) is 0. The fourth-order valence-corrected chi connectivity index (χ4v) is 19.4. The smallest absolute Gasteiger partial charge is 0.343 e. The van der Waals surface area contributed by atoms with Crippen LogP contribution in [0.4, 0.5) is 0 Å². The third-order valence-electron chi connectivity index (χ3n) is 8.16. The molecule has 3 rings (SSSR count). The molecule has 9 heteroatoms. The van der Waals surface area contributed by atoms with E-state index in [4.69, 9.17) is 22.4 Å². The summed E-state index contributed by atoms with van der Waals surface area (Å²) in [5, 5.41) is 0. The summed E-state index contributed by atoms with van der Waals surface area (Å²) in [7, 11) is -5.39. The van der Waals surface area contributed by atoms with E-state index in [0.717, 1.165) is 41.9 Å². The molecule has 1 unspecified atom stereocenters. The number of unbranched alkanes of at least 4 members (excludes halogenated alkanes) is 6. The minimum atomic E-state index is -2.07. The molecule has 0 N–H and O–H groups in total. The number of benzene rings is 3. The average Bonchev–Trinajstić information content (AvgIpc) is 3.02. The summed E-state index contributed by atoms with van der Waals surface area (Å²) in [5.74, 6) is 1.77. The number of hydrogen-bond acceptors (Lipinski definition) is 6. The van der Waals surface area contributed by atoms with Gasteiger partial charge in [0.2, 0.25) is 0 Å². The Morgan fingerprint density at radius 1 is 0.633 bits per heavy atom. The Morgan fingerprint density at radius 3 is 1.80 bits per heavy atom. The second kappa shape index (κ2) is 19.6. The Labute approximate surface area is 300 Å². The first-order valence-corrected chi connectivity index (χ1v) is 27.7. The number of rotatable bonds is 22. The molecule has 0 bridgehead atoms. The standard InChI is InChI=1S/C40H62O6Si3/c1-10-11-12-15-18-33(2)43-38-27-29-39(30-28-38)44-40(41)36-21-19-34(20-22-36)35-23-25-37(26-24-35)42-31-16-13-14-17-32-48(6,7)46-49(8,9)45-47(3,4)5/h19-30,33H,10-18,31-32H2,1-9H3. The van der Waals surface area contributed by atoms with Gasteiger partial charge in [-0.3, -0.25) is 0 Å². The predicted octanol–water partition coefficient (Wildman–Crippen LogP) is 12.0. The fourth-order valence-electron chi connectivity index (χ4n) is 6.12. The van der Waals surface area contributed by atoms with E-state index in [-0.39, 0.29) is 12.1 Å². The SMILES string of the molecule is CCCCCCC(C)Oc1ccc(OC(=O)c2ccc(-c3ccc(OCCCCCC[Si](C)(C)O[Si](C)(C)O[Si](C)(C)C)cc3)cc2)cc1. The van der Waals surface area contributed by atoms with Crippen LogP contribution < -0.4 is 14.2 Å². The summed E-state index contributed by atoms with van der Waals surface area (Å²) in [6.07, 6.45) is 10.7. The zero-order valence-electron chi connectivity index (χ0n) is 31.7. The van der Waals surface area contributed by atoms with Gasteiger partial charge in [0, 0.05) is 0 Å². The lowest BCUT2D eigenvalue weighted by atomic mass is 10.0. The highest BCUT2D eigenvalue weighted by atomic mass is 28.5. The molecule has 0 aliphatic heterocycles. The summed E-state index contributed by atoms with van der Waals surface area (Å²) in [6, 6.07) is 24.1. The average molecular weight is 723 g/mol. The third-order valence-corrected chi connectivity index (χ3v) is 18.3. The Bertz CT molecular complexity index is 1380. The number of carbonyl (C=O) groups is 1. The molecule has 270 valence electrons. The zero-order valence-corrected chi connectivity index (χ0v) is 34.7. The maximum absolute atomic E-state index is 12.8. The molecule has 49 heavy (non-hydrogen) atoms. The van der Waals surface area contributed by atoms with E-state index in [9.17, 15) is 4.79 Å². The lowest BCUT2D eigenvalue weighted by Gasteiger charge is -2.37. The van der Waals surface area contributed by atoms with E-state index >= 15 is 0 Å². The second-order valence-corrected chi connectivity index (χ2v) is 27.9. The number of carbonyl (C=O) groups excluding carboxylic acids is 1. The molecule has 0 saturated carbocycles. The normalized spacial score (nSPS) is 12.8. The maximum Gasteiger partial charge on any atom is 0.343 e. The van der Waals surface area contributed by atoms with Gasteiger partial charge in [-0.1, -0.05) is 69.7 Å². The van der Waals surface area contributed by atoms with Crippen LogP contribution in [-0.2, 0) is 8.23 Å². The van der Waals surface area contributed by atoms with Gasteiger partial charge in [0.05, 0.1) is 18.3 Å². The number of ether oxygens (including phenoxy) is 3. The molecular formula is C40H62O6Si3. The molecule has 0 radical (unpaired) electrons. The highest BCUT2D eigenvalue weighted by molar-refractivity contribution is 6.87. The molecule has 6 nitrogen and oxygen atoms in total. The van der Waals surface area contributed by atoms with Crippen LogP contribution >= 0.6 is 0 Å². The Balaban J connectivity index is 1.36. The largest absolute Gasteiger partial charge is 0.494 e. The van der Waals surface area contributed by atoms with Crippen molar-refractivity contribution >= 4 is 31.2 Å². The summed E-state index contributed by atoms with van der Waals surface area (Å²) in [5.41, 5.74) is 2.60. The highest BCUT2D eigenvalue weighted by Gasteiger charge is 2.37. The zero-order chi connectivity index (χ0) is 35.9. The predicted molar refractivity (Wildman–Crippen MR) is 211 cm³/mol. The van der Waals surface area contributed by atoms with Crippen LogP contribution in [0, 0.1) is 0 Å². The van der Waals surface area contributed by atoms with Gasteiger partial charge in [-0.25, -0.2) is 4.79 Å². The first-order valence-electron chi connectivity index (χ1n) is 18.4. The van der Waals surface area contributed by atoms with Crippen molar-refractivity contribution in [3.8, 4) is 28.4 Å². The Morgan fingerprint density at radius 2 is 1.18 bits per heavy atom. The van der Waals surface area contributed by atoms with Crippen molar-refractivity contribution in [1.82, 2.24) is 0 Å². The fraction of sp³-hybridized carbons (Fsp3) is 0.525. The van der Waals surface area contributed by atoms with Crippen LogP contribution in [0.1, 0.15) is 82.0 Å². The van der Waals surface area contributed by atoms with E-state index in [0.29, 0.717) is 17.9 Å². The summed E-state index contributed by atoms with van der Waals surface area (Å²) in [6.45, 7) is 20.8. The van der Waals surface area contributed by atoms with Crippen molar-refractivity contribution in [3.63, 3.8) is 0 Å². The van der Waals surface area contributed by atoms with Gasteiger partial charge in [0.15, 0.2) is 16.6 Å². The van der Waals surface area contributed by atoms with Gasteiger partial charge >= 0.3 is 14.5 Å². The molecule has 0 spiro atoms. The van der Waals surface area contributed by atoms with Crippen LogP contribution in [0.5, 0.6) is 17.2 Å². The first-order chi connectivity index (χ1) is 23.1. The van der Waals surface area contributed by atoms with Gasteiger partial charge in [-0.2, -0.15) is 0 Å². The van der Waals surface area contributed by atoms with E-state index in [1.807, 2.05) is 36.4 Å². The summed E-state index contributed by atoms with van der Waals surface area (Å²) in [4.78, 5) is 12.8. The summed E-state index contributed by atoms with van der Waals surface area (Å²) >= 11 is 0. The molecule has 0 aliphatic carbocycles.